The third-order valence-electron chi connectivity index (χ3n) is 2.31. The highest BCUT2D eigenvalue weighted by molar-refractivity contribution is 8.23. The lowest BCUT2D eigenvalue weighted by atomic mass is 10.2. The normalized spacial score (nSPS) is 15.1. The van der Waals surface area contributed by atoms with Gasteiger partial charge in [0.25, 0.3) is 5.91 Å². The molecule has 0 bridgehead atoms. The van der Waals surface area contributed by atoms with Crippen LogP contribution in [0.1, 0.15) is 5.56 Å². The molecule has 2 rings (SSSR count). The molecule has 0 spiro atoms. The van der Waals surface area contributed by atoms with E-state index in [0.29, 0.717) is 15.6 Å². The predicted molar refractivity (Wildman–Crippen MR) is 79.1 cm³/mol. The molecule has 0 unspecified atom stereocenters. The Labute approximate surface area is 124 Å². The highest BCUT2D eigenvalue weighted by atomic mass is 32.2. The quantitative estimate of drug-likeness (QED) is 0.653. The van der Waals surface area contributed by atoms with E-state index < -0.39 is 12.6 Å². The van der Waals surface area contributed by atoms with E-state index in [1.54, 1.807) is 24.3 Å². The number of carbonyl (C=O) groups is 2. The fourth-order valence-electron chi connectivity index (χ4n) is 1.44. The number of ether oxygens (including phenoxy) is 1. The first-order valence-electron chi connectivity index (χ1n) is 5.55. The zero-order chi connectivity index (χ0) is 14.5. The number of thiocarbonyl (C=S) groups is 1. The Morgan fingerprint density at radius 2 is 2.30 bits per heavy atom. The Morgan fingerprint density at radius 1 is 1.55 bits per heavy atom. The Kier molecular flexibility index (Phi) is 4.70. The van der Waals surface area contributed by atoms with Crippen molar-refractivity contribution in [1.29, 1.82) is 0 Å². The Balaban J connectivity index is 2.14. The largest absolute Gasteiger partial charge is 0.481 e. The van der Waals surface area contributed by atoms with Crippen LogP contribution >= 0.6 is 24.0 Å². The molecule has 1 aliphatic heterocycles. The molecule has 8 heteroatoms. The average molecular weight is 310 g/mol. The third-order valence-corrected chi connectivity index (χ3v) is 3.65. The molecular formula is C12H10N2O4S2. The van der Waals surface area contributed by atoms with E-state index in [2.05, 4.69) is 5.10 Å². The van der Waals surface area contributed by atoms with Gasteiger partial charge in [0.2, 0.25) is 0 Å². The van der Waals surface area contributed by atoms with Gasteiger partial charge in [-0.05, 0) is 12.1 Å². The van der Waals surface area contributed by atoms with Crippen LogP contribution in [-0.4, -0.2) is 44.9 Å². The molecule has 0 saturated carbocycles. The van der Waals surface area contributed by atoms with E-state index in [0.717, 1.165) is 5.01 Å². The number of benzene rings is 1. The third kappa shape index (κ3) is 3.55. The minimum atomic E-state index is -1.07. The first-order valence-corrected chi connectivity index (χ1v) is 6.94. The van der Waals surface area contributed by atoms with Gasteiger partial charge in [-0.15, -0.1) is 0 Å². The molecule has 1 fully saturated rings. The Bertz CT molecular complexity index is 573. The Hall–Kier alpha value is -1.93. The molecule has 20 heavy (non-hydrogen) atoms. The maximum absolute atomic E-state index is 11.5. The maximum atomic E-state index is 11.5. The summed E-state index contributed by atoms with van der Waals surface area (Å²) in [7, 11) is 0. The van der Waals surface area contributed by atoms with Gasteiger partial charge in [-0.25, -0.2) is 4.79 Å². The van der Waals surface area contributed by atoms with E-state index in [9.17, 15) is 9.59 Å². The van der Waals surface area contributed by atoms with Crippen LogP contribution in [0.15, 0.2) is 29.4 Å². The number of hydrogen-bond donors (Lipinski definition) is 1. The Morgan fingerprint density at radius 3 is 2.95 bits per heavy atom. The summed E-state index contributed by atoms with van der Waals surface area (Å²) in [6, 6.07) is 6.81. The van der Waals surface area contributed by atoms with Crippen molar-refractivity contribution in [2.45, 2.75) is 0 Å². The number of carboxylic acids is 1. The molecule has 104 valence electrons. The van der Waals surface area contributed by atoms with Crippen molar-refractivity contribution < 1.29 is 19.4 Å². The van der Waals surface area contributed by atoms with Crippen LogP contribution in [0, 0.1) is 0 Å². The summed E-state index contributed by atoms with van der Waals surface area (Å²) in [5, 5.41) is 13.8. The first-order chi connectivity index (χ1) is 9.58. The smallest absolute Gasteiger partial charge is 0.341 e. The molecule has 0 aromatic heterocycles. The van der Waals surface area contributed by atoms with Crippen molar-refractivity contribution in [1.82, 2.24) is 5.01 Å². The maximum Gasteiger partial charge on any atom is 0.341 e. The zero-order valence-corrected chi connectivity index (χ0v) is 11.8. The van der Waals surface area contributed by atoms with Gasteiger partial charge in [0.05, 0.1) is 12.0 Å². The van der Waals surface area contributed by atoms with Crippen molar-refractivity contribution in [3.8, 4) is 5.75 Å². The second-order valence-corrected chi connectivity index (χ2v) is 5.33. The van der Waals surface area contributed by atoms with Crippen molar-refractivity contribution in [3.05, 3.63) is 29.8 Å². The number of amides is 1. The van der Waals surface area contributed by atoms with Crippen LogP contribution in [0.25, 0.3) is 0 Å². The molecule has 1 heterocycles. The number of rotatable bonds is 5. The summed E-state index contributed by atoms with van der Waals surface area (Å²) in [5.74, 6) is -0.582. The summed E-state index contributed by atoms with van der Waals surface area (Å²) in [4.78, 5) is 22.0. The first kappa shape index (κ1) is 14.5. The standard InChI is InChI=1S/C12H10N2O4S2/c15-10-7-20-12(19)14(10)13-5-8-3-1-2-4-9(8)18-6-11(16)17/h1-5H,6-7H2,(H,16,17)/b13-5+. The number of carbonyl (C=O) groups excluding carboxylic acids is 1. The molecular weight excluding hydrogens is 300 g/mol. The topological polar surface area (TPSA) is 79.2 Å². The van der Waals surface area contributed by atoms with Crippen molar-refractivity contribution in [3.63, 3.8) is 0 Å². The van der Waals surface area contributed by atoms with E-state index in [-0.39, 0.29) is 11.7 Å². The highest BCUT2D eigenvalue weighted by Crippen LogP contribution is 2.20. The molecule has 0 aliphatic carbocycles. The van der Waals surface area contributed by atoms with Gasteiger partial charge >= 0.3 is 5.97 Å². The molecule has 1 N–H and O–H groups in total. The minimum Gasteiger partial charge on any atom is -0.481 e. The van der Waals surface area contributed by atoms with Gasteiger partial charge in [-0.2, -0.15) is 10.1 Å². The van der Waals surface area contributed by atoms with Crippen LogP contribution in [0.3, 0.4) is 0 Å². The SMILES string of the molecule is O=C(O)COc1ccccc1/C=N/N1C(=O)CSC1=S. The van der Waals surface area contributed by atoms with Gasteiger partial charge in [0.15, 0.2) is 10.9 Å². The average Bonchev–Trinajstić information content (AvgIpc) is 2.74. The van der Waals surface area contributed by atoms with E-state index in [4.69, 9.17) is 22.1 Å². The van der Waals surface area contributed by atoms with Crippen LogP contribution in [0.4, 0.5) is 0 Å². The molecule has 1 aromatic rings. The van der Waals surface area contributed by atoms with Crippen LogP contribution < -0.4 is 4.74 Å². The molecule has 1 amide bonds. The second-order valence-electron chi connectivity index (χ2n) is 3.72. The fraction of sp³-hybridized carbons (Fsp3) is 0.167. The molecule has 1 aromatic carbocycles. The van der Waals surface area contributed by atoms with Crippen LogP contribution in [0.5, 0.6) is 5.75 Å². The van der Waals surface area contributed by atoms with Crippen molar-refractivity contribution >= 4 is 46.4 Å². The van der Waals surface area contributed by atoms with Crippen molar-refractivity contribution in [2.24, 2.45) is 5.10 Å². The van der Waals surface area contributed by atoms with Crippen molar-refractivity contribution in [2.75, 3.05) is 12.4 Å². The molecule has 1 aliphatic rings. The summed E-state index contributed by atoms with van der Waals surface area (Å²) in [6.45, 7) is -0.443. The number of thioether (sulfide) groups is 1. The van der Waals surface area contributed by atoms with E-state index in [1.807, 2.05) is 0 Å². The fourth-order valence-corrected chi connectivity index (χ4v) is 2.40. The van der Waals surface area contributed by atoms with Gasteiger partial charge < -0.3 is 9.84 Å². The molecule has 0 atom stereocenters. The van der Waals surface area contributed by atoms with E-state index in [1.165, 1.54) is 18.0 Å². The van der Waals surface area contributed by atoms with Crippen LogP contribution in [0.2, 0.25) is 0 Å². The lowest BCUT2D eigenvalue weighted by Crippen LogP contribution is -2.22. The lowest BCUT2D eigenvalue weighted by Gasteiger charge is -2.09. The highest BCUT2D eigenvalue weighted by Gasteiger charge is 2.26. The molecule has 0 radical (unpaired) electrons. The van der Waals surface area contributed by atoms with Gasteiger partial charge in [0, 0.05) is 5.56 Å². The van der Waals surface area contributed by atoms with E-state index >= 15 is 0 Å². The number of hydrogen-bond acceptors (Lipinski definition) is 6. The molecule has 6 nitrogen and oxygen atoms in total. The monoisotopic (exact) mass is 310 g/mol. The summed E-state index contributed by atoms with van der Waals surface area (Å²) in [5.41, 5.74) is 0.571. The van der Waals surface area contributed by atoms with Gasteiger partial charge in [0.1, 0.15) is 5.75 Å². The minimum absolute atomic E-state index is 0.180. The zero-order valence-electron chi connectivity index (χ0n) is 10.2. The number of nitrogens with zero attached hydrogens (tertiary/aromatic N) is 2. The van der Waals surface area contributed by atoms with Gasteiger partial charge in [-0.3, -0.25) is 4.79 Å². The lowest BCUT2D eigenvalue weighted by molar-refractivity contribution is -0.139. The second kappa shape index (κ2) is 6.49. The predicted octanol–water partition coefficient (Wildman–Crippen LogP) is 1.34. The number of hydrazone groups is 1. The summed E-state index contributed by atoms with van der Waals surface area (Å²) >= 11 is 6.25. The summed E-state index contributed by atoms with van der Waals surface area (Å²) < 4.78 is 5.53. The number of para-hydroxylation sites is 1. The number of aliphatic carboxylic acids is 1. The van der Waals surface area contributed by atoms with Crippen LogP contribution in [-0.2, 0) is 9.59 Å². The summed E-state index contributed by atoms with van der Waals surface area (Å²) in [6.07, 6.45) is 1.42. The van der Waals surface area contributed by atoms with Gasteiger partial charge in [-0.1, -0.05) is 36.1 Å². The number of carboxylic acid groups (broad SMARTS) is 1. The molecule has 1 saturated heterocycles.